The number of carbonyl (C=O) groups is 1. The Morgan fingerprint density at radius 2 is 1.88 bits per heavy atom. The Morgan fingerprint density at radius 3 is 2.38 bits per heavy atom. The molecule has 0 aromatic carbocycles. The van der Waals surface area contributed by atoms with Crippen molar-refractivity contribution in [2.75, 3.05) is 13.1 Å². The van der Waals surface area contributed by atoms with Gasteiger partial charge in [0.15, 0.2) is 0 Å². The van der Waals surface area contributed by atoms with Crippen LogP contribution in [0.5, 0.6) is 0 Å². The molecule has 1 aliphatic heterocycles. The molecular formula is C11H18F2N2O. The Hall–Kier alpha value is -0.710. The maximum absolute atomic E-state index is 12.9. The number of halogens is 2. The monoisotopic (exact) mass is 232 g/mol. The third-order valence-electron chi connectivity index (χ3n) is 3.63. The van der Waals surface area contributed by atoms with Crippen molar-refractivity contribution in [1.29, 1.82) is 0 Å². The van der Waals surface area contributed by atoms with Gasteiger partial charge < -0.3 is 10.6 Å². The molecule has 2 unspecified atom stereocenters. The molecule has 1 heterocycles. The molecular weight excluding hydrogens is 214 g/mol. The van der Waals surface area contributed by atoms with Crippen LogP contribution >= 0.6 is 0 Å². The lowest BCUT2D eigenvalue weighted by Crippen LogP contribution is -2.45. The van der Waals surface area contributed by atoms with Crippen LogP contribution in [0.1, 0.15) is 32.1 Å². The van der Waals surface area contributed by atoms with Crippen LogP contribution in [0.2, 0.25) is 0 Å². The van der Waals surface area contributed by atoms with Gasteiger partial charge >= 0.3 is 0 Å². The van der Waals surface area contributed by atoms with E-state index in [-0.39, 0.29) is 43.8 Å². The van der Waals surface area contributed by atoms with Crippen LogP contribution in [0.25, 0.3) is 0 Å². The summed E-state index contributed by atoms with van der Waals surface area (Å²) in [5, 5.41) is 0. The number of likely N-dealkylation sites (tertiary alicyclic amines) is 1. The molecule has 0 radical (unpaired) electrons. The molecule has 3 nitrogen and oxygen atoms in total. The molecule has 1 saturated heterocycles. The van der Waals surface area contributed by atoms with Crippen LogP contribution in [0.4, 0.5) is 8.78 Å². The second-order valence-corrected chi connectivity index (χ2v) is 4.95. The first-order valence-electron chi connectivity index (χ1n) is 5.90. The topological polar surface area (TPSA) is 46.3 Å². The molecule has 0 spiro atoms. The summed E-state index contributed by atoms with van der Waals surface area (Å²) in [6.07, 6.45) is 2.01. The maximum Gasteiger partial charge on any atom is 0.251 e. The van der Waals surface area contributed by atoms with Gasteiger partial charge in [-0.1, -0.05) is 0 Å². The summed E-state index contributed by atoms with van der Waals surface area (Å²) in [6, 6.07) is 0.111. The van der Waals surface area contributed by atoms with E-state index in [9.17, 15) is 13.6 Å². The van der Waals surface area contributed by atoms with Gasteiger partial charge in [0, 0.05) is 37.9 Å². The van der Waals surface area contributed by atoms with E-state index in [0.29, 0.717) is 6.42 Å². The molecule has 0 bridgehead atoms. The molecule has 0 aromatic rings. The van der Waals surface area contributed by atoms with E-state index in [2.05, 4.69) is 0 Å². The van der Waals surface area contributed by atoms with Crippen molar-refractivity contribution in [3.05, 3.63) is 0 Å². The minimum atomic E-state index is -2.58. The molecule has 1 saturated carbocycles. The summed E-state index contributed by atoms with van der Waals surface area (Å²) in [7, 11) is 0. The zero-order valence-electron chi connectivity index (χ0n) is 9.29. The normalized spacial score (nSPS) is 34.1. The third-order valence-corrected chi connectivity index (χ3v) is 3.63. The second kappa shape index (κ2) is 4.28. The summed E-state index contributed by atoms with van der Waals surface area (Å²) < 4.78 is 25.8. The van der Waals surface area contributed by atoms with Crippen molar-refractivity contribution >= 4 is 5.91 Å². The number of nitrogens with zero attached hydrogens (tertiary/aromatic N) is 1. The van der Waals surface area contributed by atoms with E-state index in [1.807, 2.05) is 0 Å². The predicted molar refractivity (Wildman–Crippen MR) is 56.1 cm³/mol. The molecule has 2 aliphatic rings. The predicted octanol–water partition coefficient (Wildman–Crippen LogP) is 1.37. The smallest absolute Gasteiger partial charge is 0.251 e. The summed E-state index contributed by atoms with van der Waals surface area (Å²) in [4.78, 5) is 13.6. The summed E-state index contributed by atoms with van der Waals surface area (Å²) in [5.74, 6) is -2.58. The highest BCUT2D eigenvalue weighted by Gasteiger charge is 2.38. The van der Waals surface area contributed by atoms with Crippen molar-refractivity contribution in [1.82, 2.24) is 4.90 Å². The first kappa shape index (κ1) is 11.8. The largest absolute Gasteiger partial charge is 0.342 e. The SMILES string of the molecule is NC1CCC(C(=O)N2CCC(F)(F)CC2)C1. The van der Waals surface area contributed by atoms with Crippen molar-refractivity contribution in [3.63, 3.8) is 0 Å². The Bertz CT molecular complexity index is 273. The minimum absolute atomic E-state index is 0.0262. The van der Waals surface area contributed by atoms with E-state index in [1.165, 1.54) is 0 Å². The number of hydrogen-bond donors (Lipinski definition) is 1. The molecule has 2 fully saturated rings. The zero-order valence-corrected chi connectivity index (χ0v) is 9.29. The first-order chi connectivity index (χ1) is 7.48. The third kappa shape index (κ3) is 2.51. The van der Waals surface area contributed by atoms with E-state index in [4.69, 9.17) is 5.73 Å². The molecule has 2 rings (SSSR count). The van der Waals surface area contributed by atoms with E-state index < -0.39 is 5.92 Å². The van der Waals surface area contributed by atoms with Crippen LogP contribution in [0, 0.1) is 5.92 Å². The average molecular weight is 232 g/mol. The van der Waals surface area contributed by atoms with E-state index in [1.54, 1.807) is 4.90 Å². The van der Waals surface area contributed by atoms with Crippen molar-refractivity contribution in [2.24, 2.45) is 11.7 Å². The van der Waals surface area contributed by atoms with Gasteiger partial charge in [0.25, 0.3) is 5.92 Å². The number of hydrogen-bond acceptors (Lipinski definition) is 2. The minimum Gasteiger partial charge on any atom is -0.342 e. The lowest BCUT2D eigenvalue weighted by Gasteiger charge is -2.33. The van der Waals surface area contributed by atoms with Gasteiger partial charge in [-0.3, -0.25) is 4.79 Å². The molecule has 16 heavy (non-hydrogen) atoms. The fraction of sp³-hybridized carbons (Fsp3) is 0.909. The van der Waals surface area contributed by atoms with Crippen LogP contribution in [0.15, 0.2) is 0 Å². The lowest BCUT2D eigenvalue weighted by atomic mass is 10.0. The van der Waals surface area contributed by atoms with Crippen LogP contribution in [-0.2, 0) is 4.79 Å². The van der Waals surface area contributed by atoms with Crippen LogP contribution < -0.4 is 5.73 Å². The molecule has 5 heteroatoms. The summed E-state index contributed by atoms with van der Waals surface area (Å²) in [5.41, 5.74) is 5.74. The molecule has 1 amide bonds. The van der Waals surface area contributed by atoms with Gasteiger partial charge in [-0.2, -0.15) is 0 Å². The number of rotatable bonds is 1. The Labute approximate surface area is 94.0 Å². The molecule has 2 N–H and O–H groups in total. The number of alkyl halides is 2. The van der Waals surface area contributed by atoms with Gasteiger partial charge in [0.05, 0.1) is 0 Å². The second-order valence-electron chi connectivity index (χ2n) is 4.95. The van der Waals surface area contributed by atoms with Gasteiger partial charge in [0.2, 0.25) is 5.91 Å². The summed E-state index contributed by atoms with van der Waals surface area (Å²) >= 11 is 0. The number of amides is 1. The van der Waals surface area contributed by atoms with Crippen LogP contribution in [-0.4, -0.2) is 35.9 Å². The molecule has 92 valence electrons. The van der Waals surface area contributed by atoms with Crippen molar-refractivity contribution in [2.45, 2.75) is 44.1 Å². The molecule has 0 aromatic heterocycles. The Morgan fingerprint density at radius 1 is 1.25 bits per heavy atom. The molecule has 2 atom stereocenters. The lowest BCUT2D eigenvalue weighted by molar-refractivity contribution is -0.141. The Kier molecular flexibility index (Phi) is 3.15. The van der Waals surface area contributed by atoms with Gasteiger partial charge in [-0.05, 0) is 19.3 Å². The standard InChI is InChI=1S/C11H18F2N2O/c12-11(13)3-5-15(6-4-11)10(16)8-1-2-9(14)7-8/h8-9H,1-7,14H2. The number of nitrogens with two attached hydrogens (primary N) is 1. The van der Waals surface area contributed by atoms with E-state index >= 15 is 0 Å². The molecule has 1 aliphatic carbocycles. The number of piperidine rings is 1. The fourth-order valence-electron chi connectivity index (χ4n) is 2.55. The van der Waals surface area contributed by atoms with E-state index in [0.717, 1.165) is 12.8 Å². The van der Waals surface area contributed by atoms with Crippen molar-refractivity contribution in [3.8, 4) is 0 Å². The first-order valence-corrected chi connectivity index (χ1v) is 5.90. The Balaban J connectivity index is 1.87. The highest BCUT2D eigenvalue weighted by molar-refractivity contribution is 5.79. The highest BCUT2D eigenvalue weighted by Crippen LogP contribution is 2.31. The van der Waals surface area contributed by atoms with Crippen molar-refractivity contribution < 1.29 is 13.6 Å². The fourth-order valence-corrected chi connectivity index (χ4v) is 2.55. The maximum atomic E-state index is 12.9. The van der Waals surface area contributed by atoms with Gasteiger partial charge in [-0.15, -0.1) is 0 Å². The van der Waals surface area contributed by atoms with Crippen LogP contribution in [0.3, 0.4) is 0 Å². The average Bonchev–Trinajstić information content (AvgIpc) is 2.64. The summed E-state index contributed by atoms with van der Waals surface area (Å²) in [6.45, 7) is 0.384. The number of carbonyl (C=O) groups excluding carboxylic acids is 1. The zero-order chi connectivity index (χ0) is 11.8. The quantitative estimate of drug-likeness (QED) is 0.742. The highest BCUT2D eigenvalue weighted by atomic mass is 19.3. The van der Waals surface area contributed by atoms with Gasteiger partial charge in [-0.25, -0.2) is 8.78 Å². The van der Waals surface area contributed by atoms with Gasteiger partial charge in [0.1, 0.15) is 0 Å².